The van der Waals surface area contributed by atoms with Gasteiger partial charge in [0.05, 0.1) is 51.3 Å². The van der Waals surface area contributed by atoms with Crippen molar-refractivity contribution in [2.24, 2.45) is 0 Å². The lowest BCUT2D eigenvalue weighted by molar-refractivity contribution is 0.0212. The molecule has 0 saturated heterocycles. The number of aliphatic hydroxyl groups excluding tert-OH is 2. The topological polar surface area (TPSA) is 135 Å². The molecule has 2 aromatic rings. The molecule has 38 heavy (non-hydrogen) atoms. The summed E-state index contributed by atoms with van der Waals surface area (Å²) in [6.07, 6.45) is 4.56. The van der Waals surface area contributed by atoms with E-state index < -0.39 is 11.2 Å². The summed E-state index contributed by atoms with van der Waals surface area (Å²) in [5.41, 5.74) is 3.23. The first-order chi connectivity index (χ1) is 17.8. The van der Waals surface area contributed by atoms with Crippen LogP contribution < -0.4 is 0 Å². The van der Waals surface area contributed by atoms with Gasteiger partial charge in [-0.15, -0.1) is 0 Å². The number of amides is 2. The normalized spacial score (nSPS) is 15.3. The van der Waals surface area contributed by atoms with Gasteiger partial charge < -0.3 is 29.5 Å². The third-order valence-corrected chi connectivity index (χ3v) is 5.86. The second-order valence-corrected chi connectivity index (χ2v) is 11.5. The first-order valence-corrected chi connectivity index (χ1v) is 13.1. The minimum atomic E-state index is -0.474. The van der Waals surface area contributed by atoms with Crippen LogP contribution in [-0.4, -0.2) is 89.3 Å². The van der Waals surface area contributed by atoms with Crippen molar-refractivity contribution in [3.05, 3.63) is 34.9 Å². The number of ether oxygens (including phenoxy) is 2. The molecule has 2 aliphatic rings. The molecule has 12 heteroatoms. The standard InChI is InChI=1S/2C13H21N3O3/c1-13(2,3)19-12(18)15-5-4-11-10(8-15)9-16(14-11)6-7-17;1-13(2,3)19-12(18)15-5-4-11-10(9-15)8-14-16(11)6-7-17/h9,17H,4-8H2,1-3H3;8,17H,4-7,9H2,1-3H3. The lowest BCUT2D eigenvalue weighted by atomic mass is 10.1. The summed E-state index contributed by atoms with van der Waals surface area (Å²) in [4.78, 5) is 27.4. The molecule has 0 aromatic carbocycles. The second kappa shape index (κ2) is 12.2. The fourth-order valence-corrected chi connectivity index (χ4v) is 4.24. The number of hydrogen-bond acceptors (Lipinski definition) is 8. The molecule has 212 valence electrons. The zero-order valence-electron chi connectivity index (χ0n) is 23.4. The number of fused-ring (bicyclic) bond motifs is 2. The molecule has 0 bridgehead atoms. The minimum absolute atomic E-state index is 0.0658. The molecule has 2 N–H and O–H groups in total. The van der Waals surface area contributed by atoms with Crippen molar-refractivity contribution in [1.29, 1.82) is 0 Å². The van der Waals surface area contributed by atoms with Gasteiger partial charge in [-0.25, -0.2) is 9.59 Å². The Morgan fingerprint density at radius 1 is 0.868 bits per heavy atom. The number of nitrogens with zero attached hydrogens (tertiary/aromatic N) is 6. The van der Waals surface area contributed by atoms with Crippen LogP contribution >= 0.6 is 0 Å². The second-order valence-electron chi connectivity index (χ2n) is 11.5. The molecule has 0 atom stereocenters. The number of hydrogen-bond donors (Lipinski definition) is 2. The van der Waals surface area contributed by atoms with E-state index in [9.17, 15) is 9.59 Å². The zero-order valence-corrected chi connectivity index (χ0v) is 23.4. The van der Waals surface area contributed by atoms with E-state index in [1.807, 2.05) is 52.4 Å². The largest absolute Gasteiger partial charge is 0.444 e. The maximum Gasteiger partial charge on any atom is 0.410 e. The maximum absolute atomic E-state index is 12.0. The van der Waals surface area contributed by atoms with Crippen molar-refractivity contribution in [3.63, 3.8) is 0 Å². The van der Waals surface area contributed by atoms with Gasteiger partial charge in [0.1, 0.15) is 11.2 Å². The Bertz CT molecular complexity index is 1070. The van der Waals surface area contributed by atoms with E-state index in [1.54, 1.807) is 20.7 Å². The Hall–Kier alpha value is -3.12. The van der Waals surface area contributed by atoms with Gasteiger partial charge in [0.15, 0.2) is 0 Å². The van der Waals surface area contributed by atoms with E-state index >= 15 is 0 Å². The van der Waals surface area contributed by atoms with Gasteiger partial charge >= 0.3 is 12.2 Å². The smallest absolute Gasteiger partial charge is 0.410 e. The average Bonchev–Trinajstić information content (AvgIpc) is 3.40. The van der Waals surface area contributed by atoms with E-state index in [2.05, 4.69) is 10.2 Å². The van der Waals surface area contributed by atoms with Crippen molar-refractivity contribution in [2.45, 2.75) is 91.8 Å². The highest BCUT2D eigenvalue weighted by Gasteiger charge is 2.28. The van der Waals surface area contributed by atoms with Crippen molar-refractivity contribution >= 4 is 12.2 Å². The lowest BCUT2D eigenvalue weighted by Crippen LogP contribution is -2.40. The summed E-state index contributed by atoms with van der Waals surface area (Å²) in [6, 6.07) is 0. The van der Waals surface area contributed by atoms with Crippen molar-refractivity contribution in [2.75, 3.05) is 26.3 Å². The highest BCUT2D eigenvalue weighted by Crippen LogP contribution is 2.21. The number of aliphatic hydroxyl groups is 2. The third-order valence-electron chi connectivity index (χ3n) is 5.86. The molecule has 2 aromatic heterocycles. The Morgan fingerprint density at radius 3 is 1.97 bits per heavy atom. The van der Waals surface area contributed by atoms with E-state index in [1.165, 1.54) is 0 Å². The number of rotatable bonds is 4. The van der Waals surface area contributed by atoms with Crippen LogP contribution in [0.15, 0.2) is 12.4 Å². The summed E-state index contributed by atoms with van der Waals surface area (Å²) in [5, 5.41) is 26.5. The molecule has 2 aliphatic heterocycles. The molecule has 0 fully saturated rings. The molecule has 0 spiro atoms. The molecular formula is C26H42N6O6. The third kappa shape index (κ3) is 8.19. The summed E-state index contributed by atoms with van der Waals surface area (Å²) >= 11 is 0. The highest BCUT2D eigenvalue weighted by atomic mass is 16.6. The van der Waals surface area contributed by atoms with Gasteiger partial charge in [0.25, 0.3) is 0 Å². The monoisotopic (exact) mass is 534 g/mol. The quantitative estimate of drug-likeness (QED) is 0.610. The molecule has 4 rings (SSSR count). The van der Waals surface area contributed by atoms with Crippen LogP contribution in [-0.2, 0) is 48.5 Å². The molecule has 0 radical (unpaired) electrons. The highest BCUT2D eigenvalue weighted by molar-refractivity contribution is 5.69. The van der Waals surface area contributed by atoms with Crippen LogP contribution in [0.5, 0.6) is 0 Å². The first kappa shape index (κ1) is 29.4. The van der Waals surface area contributed by atoms with E-state index in [0.29, 0.717) is 39.3 Å². The molecule has 0 unspecified atom stereocenters. The number of aromatic nitrogens is 4. The molecule has 0 aliphatic carbocycles. The van der Waals surface area contributed by atoms with Gasteiger partial charge in [-0.1, -0.05) is 0 Å². The van der Waals surface area contributed by atoms with Crippen molar-refractivity contribution in [1.82, 2.24) is 29.4 Å². The minimum Gasteiger partial charge on any atom is -0.444 e. The molecular weight excluding hydrogens is 492 g/mol. The first-order valence-electron chi connectivity index (χ1n) is 13.1. The Morgan fingerprint density at radius 2 is 1.42 bits per heavy atom. The van der Waals surface area contributed by atoms with Crippen LogP contribution in [0.25, 0.3) is 0 Å². The van der Waals surface area contributed by atoms with Gasteiger partial charge in [-0.3, -0.25) is 9.36 Å². The molecule has 12 nitrogen and oxygen atoms in total. The summed E-state index contributed by atoms with van der Waals surface area (Å²) in [6.45, 7) is 14.6. The lowest BCUT2D eigenvalue weighted by Gasteiger charge is -2.30. The van der Waals surface area contributed by atoms with Gasteiger partial charge in [-0.2, -0.15) is 10.2 Å². The van der Waals surface area contributed by atoms with Gasteiger partial charge in [-0.05, 0) is 41.5 Å². The summed E-state index contributed by atoms with van der Waals surface area (Å²) < 4.78 is 14.3. The molecule has 2 amide bonds. The fourth-order valence-electron chi connectivity index (χ4n) is 4.24. The fraction of sp³-hybridized carbons (Fsp3) is 0.692. The number of carbonyl (C=O) groups excluding carboxylic acids is 2. The van der Waals surface area contributed by atoms with E-state index in [4.69, 9.17) is 19.7 Å². The van der Waals surface area contributed by atoms with Gasteiger partial charge in [0, 0.05) is 48.9 Å². The zero-order chi connectivity index (χ0) is 28.1. The van der Waals surface area contributed by atoms with Gasteiger partial charge in [0.2, 0.25) is 0 Å². The van der Waals surface area contributed by atoms with E-state index in [0.717, 1.165) is 35.4 Å². The van der Waals surface area contributed by atoms with Crippen molar-refractivity contribution in [3.8, 4) is 0 Å². The average molecular weight is 535 g/mol. The van der Waals surface area contributed by atoms with Crippen LogP contribution in [0.2, 0.25) is 0 Å². The summed E-state index contributed by atoms with van der Waals surface area (Å²) in [7, 11) is 0. The summed E-state index contributed by atoms with van der Waals surface area (Å²) in [5.74, 6) is 0. The van der Waals surface area contributed by atoms with E-state index in [-0.39, 0.29) is 25.4 Å². The van der Waals surface area contributed by atoms with Crippen LogP contribution in [0.3, 0.4) is 0 Å². The van der Waals surface area contributed by atoms with Crippen LogP contribution in [0.1, 0.15) is 64.1 Å². The van der Waals surface area contributed by atoms with Crippen LogP contribution in [0.4, 0.5) is 9.59 Å². The number of carbonyl (C=O) groups is 2. The molecule has 4 heterocycles. The SMILES string of the molecule is CC(C)(C)OC(=O)N1CCc2c(cnn2CCO)C1.CC(C)(C)OC(=O)N1CCc2nn(CCO)cc2C1. The molecule has 0 saturated carbocycles. The Kier molecular flexibility index (Phi) is 9.42. The predicted octanol–water partition coefficient (Wildman–Crippen LogP) is 2.34. The van der Waals surface area contributed by atoms with Crippen LogP contribution in [0, 0.1) is 0 Å². The van der Waals surface area contributed by atoms with Crippen molar-refractivity contribution < 1.29 is 29.3 Å². The predicted molar refractivity (Wildman–Crippen MR) is 139 cm³/mol. The Labute approximate surface area is 224 Å². The Balaban J connectivity index is 0.000000211. The maximum atomic E-state index is 12.0.